The molecule has 4 aliphatic heterocycles. The first-order chi connectivity index (χ1) is 48.8. The van der Waals surface area contributed by atoms with Crippen LogP contribution in [0.2, 0.25) is 0 Å². The number of piperidine rings is 4. The van der Waals surface area contributed by atoms with Gasteiger partial charge in [0.25, 0.3) is 92.3 Å². The van der Waals surface area contributed by atoms with Crippen LogP contribution in [0.4, 0.5) is 63.9 Å². The van der Waals surface area contributed by atoms with Crippen LogP contribution in [0.3, 0.4) is 0 Å². The normalized spacial score (nSPS) is 17.1. The second-order valence-corrected chi connectivity index (χ2v) is 36.2. The average Bonchev–Trinajstić information content (AvgIpc) is 1.60. The fourth-order valence-electron chi connectivity index (χ4n) is 9.11. The number of hydrogen-bond donors (Lipinski definition) is 10. The van der Waals surface area contributed by atoms with Gasteiger partial charge in [-0.3, -0.25) is 33.6 Å². The fourth-order valence-corrected chi connectivity index (χ4v) is 20.1. The summed E-state index contributed by atoms with van der Waals surface area (Å²) in [7, 11) is -11.0. The van der Waals surface area contributed by atoms with E-state index in [4.69, 9.17) is 44.5 Å². The van der Waals surface area contributed by atoms with Crippen molar-refractivity contribution in [1.82, 2.24) is 18.2 Å². The summed E-state index contributed by atoms with van der Waals surface area (Å²) in [6.45, 7) is 1.44. The molecule has 0 atom stereocenters. The molecule has 4 aromatic heterocycles. The number of benzene rings is 2. The molecule has 29 nitrogen and oxygen atoms in total. The highest BCUT2D eigenvalue weighted by molar-refractivity contribution is 8.15. The van der Waals surface area contributed by atoms with Crippen molar-refractivity contribution in [1.29, 1.82) is 0 Å². The van der Waals surface area contributed by atoms with E-state index in [0.29, 0.717) is 58.4 Å². The largest absolute Gasteiger partial charge is 0.478 e. The van der Waals surface area contributed by atoms with Crippen LogP contribution < -0.4 is 49.9 Å². The van der Waals surface area contributed by atoms with E-state index in [1.165, 1.54) is 50.2 Å². The second kappa shape index (κ2) is 36.3. The molecule has 0 bridgehead atoms. The van der Waals surface area contributed by atoms with Crippen LogP contribution >= 0.6 is 56.0 Å². The molecule has 4 fully saturated rings. The van der Waals surface area contributed by atoms with Crippen molar-refractivity contribution in [3.63, 3.8) is 0 Å². The molecule has 0 unspecified atom stereocenters. The number of nitrogen functional groups attached to an aromatic ring is 1. The summed E-state index contributed by atoms with van der Waals surface area (Å²) >= 11 is 2.58. The number of alkyl halides is 8. The molecular weight excluding hydrogens is 1620 g/mol. The van der Waals surface area contributed by atoms with E-state index in [1.807, 2.05) is 0 Å². The quantitative estimate of drug-likeness (QED) is 0.0324. The number of nitrogens with zero attached hydrogens (tertiary/aromatic N) is 3. The number of primary amides is 4. The molecule has 0 aliphatic carbocycles. The number of nitrogens with two attached hydrogens (primary N) is 5. The van der Waals surface area contributed by atoms with E-state index in [2.05, 4.69) is 21.3 Å². The number of amides is 7. The number of carboxylic acid groups (broad SMARTS) is 1. The molecular formula is C58H65ClF10N12O17S8. The SMILES string of the molecule is CC(=O)Nc1sc(S(=O)(=O)Cl)cc1C(N)=O.CC(=O)Nc1sc(S(=O)(=O)N2CCC(F)(F)CC2)cc1C(N)=O.FC1(F)CCNCC1.NC(=O)c1cc(S(=O)(=O)N2CCC(F)(F)CC2)sc1N.NC(=O)c1cc(S(=O)(=O)N2CCC(F)(F)CC2)sc1NC(=O)c1ccccc1F.O=C(O)c1ccccc1F. The molecule has 0 spiro atoms. The standard InChI is InChI=1S/C17H16F3N3O4S2.C12H15F2N3O4S2.C10H13F2N3O3S2.C7H7ClN2O4S2.C7H5FO2.C5H9F2N/c18-12-4-2-1-3-10(12)15(25)22-16-11(14(21)24)9-13(28-16)29(26,27)23-7-5-17(19,20)6-8-23;1-7(18)16-11-8(10(15)19)6-9(22-11)23(20,21)17-4-2-12(13,14)3-5-17;11-10(12)1-3-15(4-2-10)20(17,18)7-5-6(8(13)16)9(14)19-7;1-3(11)10-7-4(6(9)12)2-5(15-7)16(8,13)14;8-6-4-2-1-3-5(6)7(9)10;6-5(7)1-3-8-4-2-5/h1-4,9H,5-8H2,(H2,21,24)(H,22,25);6H,2-5H2,1H3,(H2,15,19)(H,16,18);5H,1-4,14H2,(H2,13,16);2H,1H3,(H2,9,12)(H,10,11);1-4H,(H,9,10);8H,1-4H2. The van der Waals surface area contributed by atoms with Gasteiger partial charge in [0, 0.05) is 128 Å². The third-order valence-corrected chi connectivity index (χ3v) is 27.9. The lowest BCUT2D eigenvalue weighted by Gasteiger charge is -2.30. The maximum Gasteiger partial charge on any atom is 0.338 e. The lowest BCUT2D eigenvalue weighted by atomic mass is 10.1. The van der Waals surface area contributed by atoms with Crippen LogP contribution in [-0.2, 0) is 48.7 Å². The van der Waals surface area contributed by atoms with E-state index < -0.39 is 160 Å². The van der Waals surface area contributed by atoms with Crippen molar-refractivity contribution in [2.24, 2.45) is 22.9 Å². The van der Waals surface area contributed by atoms with Crippen LogP contribution in [-0.4, -0.2) is 175 Å². The monoisotopic (exact) mass is 1680 g/mol. The number of hydrogen-bond acceptors (Lipinski definition) is 22. The molecule has 48 heteroatoms. The van der Waals surface area contributed by atoms with Crippen molar-refractivity contribution in [3.05, 3.63) is 118 Å². The molecule has 0 radical (unpaired) electrons. The number of carbonyl (C=O) groups is 8. The Bertz CT molecular complexity index is 4720. The number of thiophene rings is 4. The summed E-state index contributed by atoms with van der Waals surface area (Å²) in [6, 6.07) is 14.5. The minimum atomic E-state index is -4.17. The number of aromatic carboxylic acids is 1. The Balaban J connectivity index is 0.000000238. The van der Waals surface area contributed by atoms with Gasteiger partial charge >= 0.3 is 5.97 Å². The number of nitrogens with one attached hydrogen (secondary N) is 4. The Morgan fingerprint density at radius 1 is 0.443 bits per heavy atom. The minimum absolute atomic E-state index is 0.00147. The molecule has 15 N–H and O–H groups in total. The van der Waals surface area contributed by atoms with Crippen LogP contribution in [0.5, 0.6) is 0 Å². The summed E-state index contributed by atoms with van der Waals surface area (Å²) in [6.07, 6.45) is -3.36. The molecule has 584 valence electrons. The first kappa shape index (κ1) is 88.7. The third kappa shape index (κ3) is 25.1. The Hall–Kier alpha value is -7.97. The topological polar surface area (TPSA) is 481 Å². The smallest absolute Gasteiger partial charge is 0.338 e. The van der Waals surface area contributed by atoms with Gasteiger partial charge < -0.3 is 55.0 Å². The highest BCUT2D eigenvalue weighted by atomic mass is 35.7. The first-order valence-corrected chi connectivity index (χ1v) is 40.0. The Morgan fingerprint density at radius 3 is 1.00 bits per heavy atom. The molecule has 10 rings (SSSR count). The predicted octanol–water partition coefficient (Wildman–Crippen LogP) is 7.99. The van der Waals surface area contributed by atoms with Gasteiger partial charge in [-0.15, -0.1) is 45.3 Å². The van der Waals surface area contributed by atoms with Crippen molar-refractivity contribution >= 4 is 162 Å². The van der Waals surface area contributed by atoms with Crippen molar-refractivity contribution in [2.75, 3.05) is 74.0 Å². The van der Waals surface area contributed by atoms with Crippen molar-refractivity contribution in [3.8, 4) is 0 Å². The number of sulfonamides is 3. The van der Waals surface area contributed by atoms with Crippen LogP contribution in [0, 0.1) is 11.6 Å². The number of carboxylic acids is 1. The zero-order valence-electron chi connectivity index (χ0n) is 54.9. The highest BCUT2D eigenvalue weighted by Crippen LogP contribution is 2.40. The van der Waals surface area contributed by atoms with E-state index in [-0.39, 0.29) is 122 Å². The molecule has 0 saturated carbocycles. The zero-order valence-corrected chi connectivity index (χ0v) is 62.2. The minimum Gasteiger partial charge on any atom is -0.478 e. The lowest BCUT2D eigenvalue weighted by molar-refractivity contribution is -0.115. The summed E-state index contributed by atoms with van der Waals surface area (Å²) in [5.74, 6) is -19.2. The van der Waals surface area contributed by atoms with E-state index in [9.17, 15) is 116 Å². The van der Waals surface area contributed by atoms with Gasteiger partial charge in [-0.05, 0) is 48.5 Å². The molecule has 7 amide bonds. The van der Waals surface area contributed by atoms with Crippen molar-refractivity contribution < 1.29 is 121 Å². The third-order valence-electron chi connectivity index (χ3n) is 14.7. The van der Waals surface area contributed by atoms with E-state index in [0.717, 1.165) is 49.3 Å². The number of carbonyl (C=O) groups excluding carboxylic acids is 7. The van der Waals surface area contributed by atoms with Crippen LogP contribution in [0.15, 0.2) is 89.6 Å². The molecule has 4 aliphatic rings. The molecule has 4 saturated heterocycles. The first-order valence-electron chi connectivity index (χ1n) is 30.1. The Morgan fingerprint density at radius 2 is 0.726 bits per heavy atom. The Kier molecular flexibility index (Phi) is 30.4. The van der Waals surface area contributed by atoms with E-state index in [1.54, 1.807) is 0 Å². The van der Waals surface area contributed by atoms with Gasteiger partial charge in [-0.25, -0.2) is 82.4 Å². The summed E-state index contributed by atoms with van der Waals surface area (Å²) in [4.78, 5) is 89.5. The lowest BCUT2D eigenvalue weighted by Crippen LogP contribution is -2.42. The summed E-state index contributed by atoms with van der Waals surface area (Å²) in [5, 5.41) is 18.0. The maximum atomic E-state index is 13.8. The summed E-state index contributed by atoms with van der Waals surface area (Å²) < 4.78 is 229. The summed E-state index contributed by atoms with van der Waals surface area (Å²) in [5.41, 5.74) is 24.9. The average molecular weight is 1680 g/mol. The maximum absolute atomic E-state index is 13.8. The molecule has 8 heterocycles. The van der Waals surface area contributed by atoms with Gasteiger partial charge in [0.05, 0.1) is 38.4 Å². The number of rotatable bonds is 16. The van der Waals surface area contributed by atoms with Gasteiger partial charge in [0.15, 0.2) is 0 Å². The van der Waals surface area contributed by atoms with Gasteiger partial charge in [0.1, 0.15) is 43.5 Å². The molecule has 6 aromatic rings. The van der Waals surface area contributed by atoms with Crippen molar-refractivity contribution in [2.45, 2.75) is 106 Å². The van der Waals surface area contributed by atoms with Crippen LogP contribution in [0.25, 0.3) is 0 Å². The molecule has 106 heavy (non-hydrogen) atoms. The fraction of sp³-hybridized carbons (Fsp3) is 0.379. The van der Waals surface area contributed by atoms with Crippen LogP contribution in [0.1, 0.15) is 127 Å². The second-order valence-electron chi connectivity index (χ2n) is 22.6. The highest BCUT2D eigenvalue weighted by Gasteiger charge is 2.43. The van der Waals surface area contributed by atoms with Gasteiger partial charge in [-0.2, -0.15) is 12.9 Å². The van der Waals surface area contributed by atoms with E-state index >= 15 is 0 Å². The number of anilines is 4. The number of halogens is 11. The molecule has 2 aromatic carbocycles. The Labute approximate surface area is 618 Å². The van der Waals surface area contributed by atoms with Gasteiger partial charge in [0.2, 0.25) is 11.8 Å². The predicted molar refractivity (Wildman–Crippen MR) is 371 cm³/mol. The van der Waals surface area contributed by atoms with Gasteiger partial charge in [-0.1, -0.05) is 24.3 Å². The zero-order chi connectivity index (χ0) is 80.0.